The molecule has 1 aliphatic rings. The van der Waals surface area contributed by atoms with Crippen molar-refractivity contribution in [3.8, 4) is 11.8 Å². The van der Waals surface area contributed by atoms with E-state index in [1.165, 1.54) is 35.6 Å². The molecule has 0 N–H and O–H groups in total. The quantitative estimate of drug-likeness (QED) is 0.255. The van der Waals surface area contributed by atoms with Crippen LogP contribution in [0.2, 0.25) is 0 Å². The summed E-state index contributed by atoms with van der Waals surface area (Å²) in [5.74, 6) is -1.16. The van der Waals surface area contributed by atoms with E-state index in [4.69, 9.17) is 22.2 Å². The first-order chi connectivity index (χ1) is 18.1. The molecule has 1 amide bonds. The molecule has 0 spiro atoms. The van der Waals surface area contributed by atoms with Gasteiger partial charge in [-0.05, 0) is 43.0 Å². The second-order valence-electron chi connectivity index (χ2n) is 8.81. The molecule has 2 aromatic carbocycles. The van der Waals surface area contributed by atoms with Crippen molar-refractivity contribution in [3.63, 3.8) is 0 Å². The van der Waals surface area contributed by atoms with Gasteiger partial charge in [-0.25, -0.2) is 9.37 Å². The average Bonchev–Trinajstić information content (AvgIpc) is 2.88. The smallest absolute Gasteiger partial charge is 0.419 e. The van der Waals surface area contributed by atoms with Crippen molar-refractivity contribution in [2.24, 2.45) is 0 Å². The Bertz CT molecular complexity index is 1390. The van der Waals surface area contributed by atoms with Crippen molar-refractivity contribution in [2.45, 2.75) is 37.6 Å². The van der Waals surface area contributed by atoms with Gasteiger partial charge in [0.25, 0.3) is 5.91 Å². The Labute approximate surface area is 222 Å². The van der Waals surface area contributed by atoms with Crippen LogP contribution in [0.3, 0.4) is 0 Å². The SMILES string of the molecule is CN(C(=O)C1(N(C=S)c2ccc(OCc3ccccc3)c(F)c2)CCC1)c1cnc(C#N)c(C(F)(F)F)c1. The van der Waals surface area contributed by atoms with Gasteiger partial charge in [-0.1, -0.05) is 42.5 Å². The van der Waals surface area contributed by atoms with Gasteiger partial charge in [-0.3, -0.25) is 4.79 Å². The summed E-state index contributed by atoms with van der Waals surface area (Å²) in [5, 5.41) is 9.01. The average molecular weight is 543 g/mol. The Morgan fingerprint density at radius 2 is 1.89 bits per heavy atom. The minimum atomic E-state index is -4.82. The molecule has 1 aliphatic carbocycles. The maximum absolute atomic E-state index is 15.0. The number of amides is 1. The molecule has 1 fully saturated rings. The number of halogens is 4. The van der Waals surface area contributed by atoms with Gasteiger partial charge >= 0.3 is 6.18 Å². The molecule has 0 saturated heterocycles. The highest BCUT2D eigenvalue weighted by Crippen LogP contribution is 2.43. The van der Waals surface area contributed by atoms with Crippen LogP contribution in [-0.4, -0.2) is 29.0 Å². The molecule has 1 saturated carbocycles. The standard InChI is InChI=1S/C27H22F4N4O2S/c1-34(20-12-21(27(29,30)31)23(14-32)33-15-20)25(36)26(10-5-11-26)35(17-38)19-8-9-24(22(28)13-19)37-16-18-6-3-2-4-7-18/h2-4,6-9,12-13,15,17H,5,10-11,16H2,1H3. The first-order valence-electron chi connectivity index (χ1n) is 11.6. The lowest BCUT2D eigenvalue weighted by molar-refractivity contribution is -0.138. The highest BCUT2D eigenvalue weighted by atomic mass is 32.1. The number of nitrogens with zero attached hydrogens (tertiary/aromatic N) is 4. The molecule has 0 bridgehead atoms. The number of anilines is 2. The van der Waals surface area contributed by atoms with Crippen LogP contribution < -0.4 is 14.5 Å². The van der Waals surface area contributed by atoms with E-state index in [-0.39, 0.29) is 18.0 Å². The third-order valence-corrected chi connectivity index (χ3v) is 6.76. The third-order valence-electron chi connectivity index (χ3n) is 6.55. The number of likely N-dealkylation sites (N-methyl/N-ethyl adjacent to an activating group) is 1. The van der Waals surface area contributed by atoms with Crippen LogP contribution in [0, 0.1) is 17.1 Å². The lowest BCUT2D eigenvalue weighted by atomic mass is 9.74. The number of hydrogen-bond acceptors (Lipinski definition) is 5. The van der Waals surface area contributed by atoms with Crippen LogP contribution in [0.4, 0.5) is 28.9 Å². The van der Waals surface area contributed by atoms with Gasteiger partial charge in [-0.15, -0.1) is 0 Å². The van der Waals surface area contributed by atoms with E-state index in [0.717, 1.165) is 22.7 Å². The van der Waals surface area contributed by atoms with Gasteiger partial charge in [0, 0.05) is 18.8 Å². The van der Waals surface area contributed by atoms with Crippen LogP contribution in [0.15, 0.2) is 60.8 Å². The maximum atomic E-state index is 15.0. The Morgan fingerprint density at radius 1 is 1.18 bits per heavy atom. The van der Waals surface area contributed by atoms with Gasteiger partial charge in [0.15, 0.2) is 17.3 Å². The highest BCUT2D eigenvalue weighted by molar-refractivity contribution is 7.79. The van der Waals surface area contributed by atoms with Gasteiger partial charge in [0.05, 0.1) is 22.9 Å². The van der Waals surface area contributed by atoms with Crippen LogP contribution in [0.25, 0.3) is 0 Å². The first kappa shape index (κ1) is 27.0. The number of rotatable bonds is 8. The number of carbonyl (C=O) groups is 1. The summed E-state index contributed by atoms with van der Waals surface area (Å²) in [6, 6.07) is 15.6. The molecule has 1 aromatic heterocycles. The fraction of sp³-hybridized carbons (Fsp3) is 0.259. The van der Waals surface area contributed by atoms with Gasteiger partial charge in [-0.2, -0.15) is 18.4 Å². The molecule has 0 aliphatic heterocycles. The Morgan fingerprint density at radius 3 is 2.45 bits per heavy atom. The highest BCUT2D eigenvalue weighted by Gasteiger charge is 2.51. The minimum absolute atomic E-state index is 0.0244. The number of ether oxygens (including phenoxy) is 1. The molecule has 0 radical (unpaired) electrons. The summed E-state index contributed by atoms with van der Waals surface area (Å²) in [7, 11) is 1.33. The van der Waals surface area contributed by atoms with E-state index in [0.29, 0.717) is 24.9 Å². The zero-order chi connectivity index (χ0) is 27.5. The monoisotopic (exact) mass is 542 g/mol. The lowest BCUT2D eigenvalue weighted by Crippen LogP contribution is -2.63. The van der Waals surface area contributed by atoms with Crippen molar-refractivity contribution in [2.75, 3.05) is 16.8 Å². The van der Waals surface area contributed by atoms with E-state index in [1.54, 1.807) is 6.07 Å². The van der Waals surface area contributed by atoms with Crippen LogP contribution in [0.1, 0.15) is 36.1 Å². The Kier molecular flexibility index (Phi) is 7.64. The topological polar surface area (TPSA) is 69.5 Å². The molecule has 4 rings (SSSR count). The molecule has 3 aromatic rings. The molecule has 196 valence electrons. The minimum Gasteiger partial charge on any atom is -0.486 e. The number of carbonyl (C=O) groups excluding carboxylic acids is 1. The number of hydrogen-bond donors (Lipinski definition) is 0. The molecular formula is C27H22F4N4O2S. The van der Waals surface area contributed by atoms with Crippen molar-refractivity contribution in [1.29, 1.82) is 5.26 Å². The third kappa shape index (κ3) is 5.17. The summed E-state index contributed by atoms with van der Waals surface area (Å²) in [6.45, 7) is 0.166. The molecule has 0 atom stereocenters. The van der Waals surface area contributed by atoms with E-state index >= 15 is 0 Å². The van der Waals surface area contributed by atoms with Crippen molar-refractivity contribution in [3.05, 3.63) is 83.4 Å². The number of thiocarbonyl (C=S) groups is 1. The molecule has 38 heavy (non-hydrogen) atoms. The Hall–Kier alpha value is -4.04. The normalized spacial score (nSPS) is 14.1. The number of aromatic nitrogens is 1. The zero-order valence-electron chi connectivity index (χ0n) is 20.2. The molecule has 6 nitrogen and oxygen atoms in total. The number of pyridine rings is 1. The summed E-state index contributed by atoms with van der Waals surface area (Å²) >= 11 is 5.20. The van der Waals surface area contributed by atoms with Gasteiger partial charge in [0.2, 0.25) is 0 Å². The van der Waals surface area contributed by atoms with E-state index in [9.17, 15) is 22.4 Å². The van der Waals surface area contributed by atoms with Crippen LogP contribution in [0.5, 0.6) is 5.75 Å². The van der Waals surface area contributed by atoms with Crippen molar-refractivity contribution < 1.29 is 27.1 Å². The molecular weight excluding hydrogens is 520 g/mol. The fourth-order valence-electron chi connectivity index (χ4n) is 4.34. The van der Waals surface area contributed by atoms with Gasteiger partial charge < -0.3 is 14.5 Å². The van der Waals surface area contributed by atoms with Crippen LogP contribution >= 0.6 is 12.2 Å². The first-order valence-corrected chi connectivity index (χ1v) is 12.0. The van der Waals surface area contributed by atoms with E-state index < -0.39 is 34.7 Å². The van der Waals surface area contributed by atoms with Crippen molar-refractivity contribution in [1.82, 2.24) is 4.98 Å². The maximum Gasteiger partial charge on any atom is 0.419 e. The zero-order valence-corrected chi connectivity index (χ0v) is 21.0. The van der Waals surface area contributed by atoms with Gasteiger partial charge in [0.1, 0.15) is 18.2 Å². The largest absolute Gasteiger partial charge is 0.486 e. The molecule has 0 unspecified atom stereocenters. The Balaban J connectivity index is 1.60. The lowest BCUT2D eigenvalue weighted by Gasteiger charge is -2.49. The number of benzene rings is 2. The number of nitriles is 1. The predicted octanol–water partition coefficient (Wildman–Crippen LogP) is 6.04. The van der Waals surface area contributed by atoms with Crippen LogP contribution in [-0.2, 0) is 17.6 Å². The molecule has 1 heterocycles. The second-order valence-corrected chi connectivity index (χ2v) is 9.02. The fourth-order valence-corrected chi connectivity index (χ4v) is 4.67. The summed E-state index contributed by atoms with van der Waals surface area (Å²) in [6.07, 6.45) is -2.41. The van der Waals surface area contributed by atoms with Crippen molar-refractivity contribution >= 4 is 35.0 Å². The van der Waals surface area contributed by atoms with E-state index in [2.05, 4.69) is 4.98 Å². The predicted molar refractivity (Wildman–Crippen MR) is 137 cm³/mol. The number of alkyl halides is 3. The molecule has 11 heteroatoms. The summed E-state index contributed by atoms with van der Waals surface area (Å²) < 4.78 is 60.9. The summed E-state index contributed by atoms with van der Waals surface area (Å²) in [4.78, 5) is 19.8. The van der Waals surface area contributed by atoms with E-state index in [1.807, 2.05) is 30.3 Å². The summed E-state index contributed by atoms with van der Waals surface area (Å²) in [5.41, 5.74) is -0.966. The second kappa shape index (κ2) is 10.8.